The molecular formula is C24H31N3O4. The van der Waals surface area contributed by atoms with Crippen LogP contribution < -0.4 is 14.2 Å². The van der Waals surface area contributed by atoms with Crippen LogP contribution in [-0.2, 0) is 4.79 Å². The summed E-state index contributed by atoms with van der Waals surface area (Å²) in [6.45, 7) is 6.04. The molecule has 1 heterocycles. The van der Waals surface area contributed by atoms with Crippen molar-refractivity contribution in [3.8, 4) is 17.2 Å². The molecule has 0 N–H and O–H groups in total. The van der Waals surface area contributed by atoms with Crippen LogP contribution in [0.2, 0.25) is 0 Å². The summed E-state index contributed by atoms with van der Waals surface area (Å²) in [7, 11) is 4.86. The Hall–Kier alpha value is -3.06. The van der Waals surface area contributed by atoms with Gasteiger partial charge in [-0.05, 0) is 37.4 Å². The molecule has 2 aromatic rings. The van der Waals surface area contributed by atoms with E-state index in [0.717, 1.165) is 35.7 Å². The van der Waals surface area contributed by atoms with Crippen LogP contribution in [0.15, 0.2) is 47.6 Å². The first-order valence-corrected chi connectivity index (χ1v) is 10.5. The third kappa shape index (κ3) is 4.82. The molecule has 1 atom stereocenters. The lowest BCUT2D eigenvalue weighted by atomic mass is 9.97. The van der Waals surface area contributed by atoms with E-state index < -0.39 is 0 Å². The number of hydrazone groups is 1. The maximum Gasteiger partial charge on any atom is 0.257 e. The standard InChI is InChI=1S/C24H31N3O4/c1-6-26(7-2)16-24(28)27-20(18-10-8-9-11-21(18)29-3)15-19(25-27)17-12-13-22(30-4)23(14-17)31-5/h8-14,20H,6-7,15-16H2,1-5H3. The van der Waals surface area contributed by atoms with E-state index >= 15 is 0 Å². The summed E-state index contributed by atoms with van der Waals surface area (Å²) in [5, 5.41) is 6.38. The van der Waals surface area contributed by atoms with Gasteiger partial charge in [-0.15, -0.1) is 0 Å². The van der Waals surface area contributed by atoms with Crippen molar-refractivity contribution in [2.45, 2.75) is 26.3 Å². The molecule has 7 nitrogen and oxygen atoms in total. The maximum absolute atomic E-state index is 13.2. The molecule has 0 radical (unpaired) electrons. The minimum atomic E-state index is -0.234. The molecule has 2 aromatic carbocycles. The van der Waals surface area contributed by atoms with Crippen molar-refractivity contribution in [3.05, 3.63) is 53.6 Å². The van der Waals surface area contributed by atoms with Gasteiger partial charge in [0.1, 0.15) is 5.75 Å². The Bertz CT molecular complexity index is 940. The van der Waals surface area contributed by atoms with Crippen LogP contribution in [0.5, 0.6) is 17.2 Å². The number of hydrogen-bond donors (Lipinski definition) is 0. The first-order chi connectivity index (χ1) is 15.1. The van der Waals surface area contributed by atoms with Crippen LogP contribution in [0.4, 0.5) is 0 Å². The molecule has 0 spiro atoms. The molecule has 1 aliphatic rings. The molecule has 0 bridgehead atoms. The molecule has 0 saturated heterocycles. The fourth-order valence-electron chi connectivity index (χ4n) is 3.83. The quantitative estimate of drug-likeness (QED) is 0.613. The molecule has 0 aromatic heterocycles. The van der Waals surface area contributed by atoms with Crippen LogP contribution in [0.3, 0.4) is 0 Å². The second kappa shape index (κ2) is 10.3. The highest BCUT2D eigenvalue weighted by molar-refractivity contribution is 6.03. The van der Waals surface area contributed by atoms with E-state index in [2.05, 4.69) is 18.7 Å². The summed E-state index contributed by atoms with van der Waals surface area (Å²) in [6, 6.07) is 13.3. The summed E-state index contributed by atoms with van der Waals surface area (Å²) in [4.78, 5) is 15.3. The van der Waals surface area contributed by atoms with Gasteiger partial charge < -0.3 is 14.2 Å². The van der Waals surface area contributed by atoms with E-state index in [9.17, 15) is 4.79 Å². The average molecular weight is 426 g/mol. The van der Waals surface area contributed by atoms with E-state index in [4.69, 9.17) is 19.3 Å². The number of ether oxygens (including phenoxy) is 3. The third-order valence-electron chi connectivity index (χ3n) is 5.63. The number of rotatable bonds is 9. The van der Waals surface area contributed by atoms with Crippen molar-refractivity contribution >= 4 is 11.6 Å². The van der Waals surface area contributed by atoms with Gasteiger partial charge in [-0.25, -0.2) is 5.01 Å². The van der Waals surface area contributed by atoms with E-state index in [0.29, 0.717) is 24.5 Å². The number of methoxy groups -OCH3 is 3. The second-order valence-corrected chi connectivity index (χ2v) is 7.28. The van der Waals surface area contributed by atoms with Crippen LogP contribution in [0.25, 0.3) is 0 Å². The normalized spacial score (nSPS) is 15.7. The molecule has 0 fully saturated rings. The third-order valence-corrected chi connectivity index (χ3v) is 5.63. The van der Waals surface area contributed by atoms with E-state index in [1.807, 2.05) is 42.5 Å². The number of amides is 1. The molecule has 0 saturated carbocycles. The molecule has 1 aliphatic heterocycles. The molecule has 31 heavy (non-hydrogen) atoms. The van der Waals surface area contributed by atoms with Crippen molar-refractivity contribution in [1.82, 2.24) is 9.91 Å². The van der Waals surface area contributed by atoms with E-state index in [1.165, 1.54) is 0 Å². The molecule has 166 valence electrons. The Morgan fingerprint density at radius 3 is 2.32 bits per heavy atom. The largest absolute Gasteiger partial charge is 0.496 e. The molecular weight excluding hydrogens is 394 g/mol. The Morgan fingerprint density at radius 2 is 1.68 bits per heavy atom. The zero-order valence-corrected chi connectivity index (χ0v) is 18.9. The summed E-state index contributed by atoms with van der Waals surface area (Å²) < 4.78 is 16.4. The van der Waals surface area contributed by atoms with Gasteiger partial charge in [-0.1, -0.05) is 32.0 Å². The number of carbonyl (C=O) groups excluding carboxylic acids is 1. The van der Waals surface area contributed by atoms with E-state index in [1.54, 1.807) is 26.3 Å². The first-order valence-electron chi connectivity index (χ1n) is 10.5. The lowest BCUT2D eigenvalue weighted by molar-refractivity contribution is -0.134. The fraction of sp³-hybridized carbons (Fsp3) is 0.417. The van der Waals surface area contributed by atoms with Crippen LogP contribution in [0.1, 0.15) is 37.4 Å². The predicted molar refractivity (Wildman–Crippen MR) is 121 cm³/mol. The van der Waals surface area contributed by atoms with Gasteiger partial charge in [0.25, 0.3) is 5.91 Å². The smallest absolute Gasteiger partial charge is 0.257 e. The molecule has 7 heteroatoms. The summed E-state index contributed by atoms with van der Waals surface area (Å²) >= 11 is 0. The Labute approximate surface area is 184 Å². The van der Waals surface area contributed by atoms with Gasteiger partial charge in [0, 0.05) is 17.5 Å². The molecule has 3 rings (SSSR count). The highest BCUT2D eigenvalue weighted by Gasteiger charge is 2.35. The number of carbonyl (C=O) groups is 1. The van der Waals surface area contributed by atoms with Gasteiger partial charge in [0.2, 0.25) is 0 Å². The van der Waals surface area contributed by atoms with Gasteiger partial charge >= 0.3 is 0 Å². The van der Waals surface area contributed by atoms with Gasteiger partial charge in [-0.3, -0.25) is 9.69 Å². The highest BCUT2D eigenvalue weighted by Crippen LogP contribution is 2.38. The van der Waals surface area contributed by atoms with Crippen molar-refractivity contribution in [2.75, 3.05) is 41.0 Å². The predicted octanol–water partition coefficient (Wildman–Crippen LogP) is 3.73. The highest BCUT2D eigenvalue weighted by atomic mass is 16.5. The lowest BCUT2D eigenvalue weighted by Gasteiger charge is -2.26. The minimum Gasteiger partial charge on any atom is -0.496 e. The van der Waals surface area contributed by atoms with Gasteiger partial charge in [0.15, 0.2) is 11.5 Å². The Balaban J connectivity index is 1.99. The number of hydrogen-bond acceptors (Lipinski definition) is 6. The number of likely N-dealkylation sites (N-methyl/N-ethyl adjacent to an activating group) is 1. The maximum atomic E-state index is 13.2. The zero-order chi connectivity index (χ0) is 22.4. The van der Waals surface area contributed by atoms with Crippen molar-refractivity contribution in [3.63, 3.8) is 0 Å². The SMILES string of the molecule is CCN(CC)CC(=O)N1N=C(c2ccc(OC)c(OC)c2)CC1c1ccccc1OC. The van der Waals surface area contributed by atoms with Crippen LogP contribution >= 0.6 is 0 Å². The molecule has 0 aliphatic carbocycles. The molecule has 1 unspecified atom stereocenters. The van der Waals surface area contributed by atoms with Gasteiger partial charge in [0.05, 0.1) is 39.6 Å². The average Bonchev–Trinajstić information content (AvgIpc) is 3.27. The second-order valence-electron chi connectivity index (χ2n) is 7.28. The number of para-hydroxylation sites is 1. The number of benzene rings is 2. The number of nitrogens with zero attached hydrogens (tertiary/aromatic N) is 3. The fourth-order valence-corrected chi connectivity index (χ4v) is 3.83. The van der Waals surface area contributed by atoms with Gasteiger partial charge in [-0.2, -0.15) is 5.10 Å². The summed E-state index contributed by atoms with van der Waals surface area (Å²) in [5.74, 6) is 2.00. The Morgan fingerprint density at radius 1 is 1.00 bits per heavy atom. The molecule has 1 amide bonds. The Kier molecular flexibility index (Phi) is 7.52. The minimum absolute atomic E-state index is 0.0323. The topological polar surface area (TPSA) is 63.6 Å². The summed E-state index contributed by atoms with van der Waals surface area (Å²) in [5.41, 5.74) is 2.66. The first kappa shape index (κ1) is 22.6. The lowest BCUT2D eigenvalue weighted by Crippen LogP contribution is -2.38. The summed E-state index contributed by atoms with van der Waals surface area (Å²) in [6.07, 6.45) is 0.583. The monoisotopic (exact) mass is 425 g/mol. The van der Waals surface area contributed by atoms with Crippen molar-refractivity contribution < 1.29 is 19.0 Å². The van der Waals surface area contributed by atoms with E-state index in [-0.39, 0.29) is 11.9 Å². The van der Waals surface area contributed by atoms with Crippen LogP contribution in [-0.4, -0.2) is 62.5 Å². The van der Waals surface area contributed by atoms with Crippen LogP contribution in [0, 0.1) is 0 Å². The zero-order valence-electron chi connectivity index (χ0n) is 18.9. The van der Waals surface area contributed by atoms with Crippen molar-refractivity contribution in [2.24, 2.45) is 5.10 Å². The van der Waals surface area contributed by atoms with Crippen molar-refractivity contribution in [1.29, 1.82) is 0 Å².